The summed E-state index contributed by atoms with van der Waals surface area (Å²) in [6.07, 6.45) is 9.03. The fourth-order valence-corrected chi connectivity index (χ4v) is 5.71. The third-order valence-corrected chi connectivity index (χ3v) is 7.56. The zero-order valence-electron chi connectivity index (χ0n) is 18.3. The second-order valence-corrected chi connectivity index (χ2v) is 9.60. The van der Waals surface area contributed by atoms with Gasteiger partial charge in [0.2, 0.25) is 11.8 Å². The molecule has 3 aliphatic heterocycles. The predicted octanol–water partition coefficient (Wildman–Crippen LogP) is 3.51. The third-order valence-electron chi connectivity index (χ3n) is 7.56. The highest BCUT2D eigenvalue weighted by molar-refractivity contribution is 5.88. The number of amides is 2. The Balaban J connectivity index is 1.15. The minimum absolute atomic E-state index is 0.147. The zero-order valence-corrected chi connectivity index (χ0v) is 18.3. The van der Waals surface area contributed by atoms with E-state index in [1.54, 1.807) is 0 Å². The van der Waals surface area contributed by atoms with Crippen molar-refractivity contribution in [2.45, 2.75) is 57.0 Å². The Hall–Kier alpha value is -2.34. The molecule has 5 rings (SSSR count). The van der Waals surface area contributed by atoms with Crippen LogP contribution in [0, 0.1) is 5.92 Å². The molecule has 166 valence electrons. The fourth-order valence-electron chi connectivity index (χ4n) is 5.71. The molecule has 3 aliphatic rings. The predicted molar refractivity (Wildman–Crippen MR) is 120 cm³/mol. The van der Waals surface area contributed by atoms with Gasteiger partial charge in [0.25, 0.3) is 0 Å². The molecule has 1 atom stereocenters. The summed E-state index contributed by atoms with van der Waals surface area (Å²) in [5, 5.41) is 1.13. The molecule has 0 bridgehead atoms. The van der Waals surface area contributed by atoms with Crippen molar-refractivity contribution in [3.05, 3.63) is 36.0 Å². The molecule has 3 saturated heterocycles. The van der Waals surface area contributed by atoms with Crippen LogP contribution in [0.3, 0.4) is 0 Å². The lowest BCUT2D eigenvalue weighted by Crippen LogP contribution is -2.51. The van der Waals surface area contributed by atoms with Crippen molar-refractivity contribution in [1.82, 2.24) is 14.8 Å². The number of fused-ring (bicyclic) bond motifs is 1. The van der Waals surface area contributed by atoms with Crippen molar-refractivity contribution in [2.75, 3.05) is 32.8 Å². The number of hydrogen-bond acceptors (Lipinski definition) is 3. The van der Waals surface area contributed by atoms with Crippen LogP contribution in [0.1, 0.15) is 50.5 Å². The highest BCUT2D eigenvalue weighted by Crippen LogP contribution is 2.39. The lowest BCUT2D eigenvalue weighted by atomic mass is 9.78. The molecular weight excluding hydrogens is 390 g/mol. The number of likely N-dealkylation sites (tertiary alicyclic amines) is 2. The number of hydrogen-bond donors (Lipinski definition) is 1. The van der Waals surface area contributed by atoms with E-state index < -0.39 is 0 Å². The quantitative estimate of drug-likeness (QED) is 0.818. The number of aromatic amines is 1. The van der Waals surface area contributed by atoms with Gasteiger partial charge in [-0.1, -0.05) is 18.2 Å². The molecule has 3 fully saturated rings. The van der Waals surface area contributed by atoms with Crippen LogP contribution in [0.2, 0.25) is 0 Å². The number of aromatic nitrogens is 1. The van der Waals surface area contributed by atoms with Gasteiger partial charge >= 0.3 is 0 Å². The van der Waals surface area contributed by atoms with Gasteiger partial charge in [0.05, 0.1) is 12.0 Å². The lowest BCUT2D eigenvalue weighted by molar-refractivity contribution is -0.149. The molecule has 4 heterocycles. The maximum absolute atomic E-state index is 13.0. The molecule has 0 radical (unpaired) electrons. The van der Waals surface area contributed by atoms with Crippen molar-refractivity contribution >= 4 is 22.7 Å². The van der Waals surface area contributed by atoms with E-state index in [9.17, 15) is 9.59 Å². The van der Waals surface area contributed by atoms with Gasteiger partial charge in [0.1, 0.15) is 0 Å². The third kappa shape index (κ3) is 4.36. The van der Waals surface area contributed by atoms with Gasteiger partial charge in [0, 0.05) is 56.3 Å². The minimum atomic E-state index is -0.147. The van der Waals surface area contributed by atoms with E-state index >= 15 is 0 Å². The van der Waals surface area contributed by atoms with E-state index in [4.69, 9.17) is 4.74 Å². The maximum atomic E-state index is 13.0. The van der Waals surface area contributed by atoms with E-state index in [0.29, 0.717) is 24.7 Å². The van der Waals surface area contributed by atoms with Gasteiger partial charge in [-0.25, -0.2) is 0 Å². The Kier molecular flexibility index (Phi) is 5.74. The number of carbonyl (C=O) groups excluding carboxylic acids is 2. The molecule has 1 aromatic heterocycles. The van der Waals surface area contributed by atoms with Crippen LogP contribution < -0.4 is 0 Å². The molecule has 0 aliphatic carbocycles. The van der Waals surface area contributed by atoms with Gasteiger partial charge in [-0.15, -0.1) is 0 Å². The number of carbonyl (C=O) groups is 2. The highest BCUT2D eigenvalue weighted by Gasteiger charge is 2.41. The summed E-state index contributed by atoms with van der Waals surface area (Å²) >= 11 is 0. The molecule has 0 saturated carbocycles. The number of para-hydroxylation sites is 1. The van der Waals surface area contributed by atoms with Crippen molar-refractivity contribution in [3.63, 3.8) is 0 Å². The largest absolute Gasteiger partial charge is 0.375 e. The van der Waals surface area contributed by atoms with Crippen LogP contribution in [0.4, 0.5) is 0 Å². The first-order chi connectivity index (χ1) is 15.1. The topological polar surface area (TPSA) is 65.6 Å². The van der Waals surface area contributed by atoms with Crippen LogP contribution in [0.5, 0.6) is 0 Å². The maximum Gasteiger partial charge on any atom is 0.227 e. The summed E-state index contributed by atoms with van der Waals surface area (Å²) in [7, 11) is 0. The number of nitrogens with zero attached hydrogens (tertiary/aromatic N) is 2. The molecule has 1 unspecified atom stereocenters. The van der Waals surface area contributed by atoms with Crippen LogP contribution in [0.25, 0.3) is 10.9 Å². The number of nitrogens with one attached hydrogen (secondary N) is 1. The SMILES string of the molecule is O=C(Cc1c[nH]c2ccccc12)N1CCC2(CC1)CC(CC(=O)N1CCCC1)CCO2. The summed E-state index contributed by atoms with van der Waals surface area (Å²) in [6, 6.07) is 8.13. The lowest BCUT2D eigenvalue weighted by Gasteiger charge is -2.46. The summed E-state index contributed by atoms with van der Waals surface area (Å²) in [5.41, 5.74) is 1.99. The zero-order chi connectivity index (χ0) is 21.3. The van der Waals surface area contributed by atoms with Gasteiger partial charge < -0.3 is 19.5 Å². The highest BCUT2D eigenvalue weighted by atomic mass is 16.5. The summed E-state index contributed by atoms with van der Waals surface area (Å²) in [6.45, 7) is 4.09. The molecule has 1 N–H and O–H groups in total. The average molecular weight is 424 g/mol. The van der Waals surface area contributed by atoms with E-state index in [2.05, 4.69) is 11.1 Å². The Morgan fingerprint density at radius 1 is 1.03 bits per heavy atom. The Labute approximate surface area is 183 Å². The molecule has 6 nitrogen and oxygen atoms in total. The van der Waals surface area contributed by atoms with E-state index in [-0.39, 0.29) is 11.5 Å². The van der Waals surface area contributed by atoms with E-state index in [1.807, 2.05) is 34.2 Å². The summed E-state index contributed by atoms with van der Waals surface area (Å²) in [5.74, 6) is 0.928. The first kappa shape index (κ1) is 20.6. The van der Waals surface area contributed by atoms with Crippen molar-refractivity contribution < 1.29 is 14.3 Å². The normalized spacial score (nSPS) is 23.5. The van der Waals surface area contributed by atoms with Gasteiger partial charge in [-0.05, 0) is 56.1 Å². The number of rotatable bonds is 4. The molecular formula is C25H33N3O3. The Morgan fingerprint density at radius 2 is 1.77 bits per heavy atom. The molecule has 2 aromatic rings. The van der Waals surface area contributed by atoms with Crippen molar-refractivity contribution in [1.29, 1.82) is 0 Å². The minimum Gasteiger partial charge on any atom is -0.375 e. The van der Waals surface area contributed by atoms with Crippen molar-refractivity contribution in [3.8, 4) is 0 Å². The number of benzene rings is 1. The molecule has 2 amide bonds. The molecule has 1 aromatic carbocycles. The van der Waals surface area contributed by atoms with E-state index in [1.165, 1.54) is 0 Å². The first-order valence-electron chi connectivity index (χ1n) is 11.9. The summed E-state index contributed by atoms with van der Waals surface area (Å²) < 4.78 is 6.27. The number of H-pyrrole nitrogens is 1. The Morgan fingerprint density at radius 3 is 2.58 bits per heavy atom. The molecule has 6 heteroatoms. The monoisotopic (exact) mass is 423 g/mol. The second kappa shape index (κ2) is 8.65. The van der Waals surface area contributed by atoms with Crippen LogP contribution in [-0.2, 0) is 20.7 Å². The van der Waals surface area contributed by atoms with Gasteiger partial charge in [-0.3, -0.25) is 9.59 Å². The van der Waals surface area contributed by atoms with Crippen LogP contribution in [-0.4, -0.2) is 65.0 Å². The van der Waals surface area contributed by atoms with E-state index in [0.717, 1.165) is 87.8 Å². The van der Waals surface area contributed by atoms with Crippen molar-refractivity contribution in [2.24, 2.45) is 5.92 Å². The molecule has 31 heavy (non-hydrogen) atoms. The average Bonchev–Trinajstić information content (AvgIpc) is 3.45. The smallest absolute Gasteiger partial charge is 0.227 e. The van der Waals surface area contributed by atoms with Gasteiger partial charge in [0.15, 0.2) is 0 Å². The number of piperidine rings is 1. The fraction of sp³-hybridized carbons (Fsp3) is 0.600. The molecule has 1 spiro atoms. The number of ether oxygens (including phenoxy) is 1. The van der Waals surface area contributed by atoms with Gasteiger partial charge in [-0.2, -0.15) is 0 Å². The van der Waals surface area contributed by atoms with Crippen LogP contribution in [0.15, 0.2) is 30.5 Å². The standard InChI is InChI=1S/C25H33N3O3/c29-23(27-10-3-4-11-27)15-19-7-14-31-25(17-19)8-12-28(13-9-25)24(30)16-20-18-26-22-6-2-1-5-21(20)22/h1-2,5-6,18-19,26H,3-4,7-17H2. The Bertz CT molecular complexity index is 938. The van der Waals surface area contributed by atoms with Crippen LogP contribution >= 0.6 is 0 Å². The first-order valence-corrected chi connectivity index (χ1v) is 11.9. The summed E-state index contributed by atoms with van der Waals surface area (Å²) in [4.78, 5) is 32.9. The second-order valence-electron chi connectivity index (χ2n) is 9.60.